The van der Waals surface area contributed by atoms with Gasteiger partial charge in [0, 0.05) is 6.07 Å². The summed E-state index contributed by atoms with van der Waals surface area (Å²) in [6.07, 6.45) is 0.144. The maximum atomic E-state index is 11.8. The van der Waals surface area contributed by atoms with Gasteiger partial charge in [0.05, 0.1) is 23.2 Å². The van der Waals surface area contributed by atoms with E-state index in [1.165, 1.54) is 12.1 Å². The quantitative estimate of drug-likeness (QED) is 0.434. The van der Waals surface area contributed by atoms with E-state index >= 15 is 0 Å². The van der Waals surface area contributed by atoms with Gasteiger partial charge in [-0.25, -0.2) is 4.79 Å². The summed E-state index contributed by atoms with van der Waals surface area (Å²) >= 11 is 0. The zero-order valence-corrected chi connectivity index (χ0v) is 11.9. The molecule has 0 aliphatic rings. The van der Waals surface area contributed by atoms with Crippen molar-refractivity contribution in [2.45, 2.75) is 32.8 Å². The van der Waals surface area contributed by atoms with Gasteiger partial charge in [-0.1, -0.05) is 13.3 Å². The van der Waals surface area contributed by atoms with Crippen LogP contribution in [0.2, 0.25) is 0 Å². The molecule has 0 saturated heterocycles. The second-order valence-electron chi connectivity index (χ2n) is 4.20. The van der Waals surface area contributed by atoms with E-state index in [1.54, 1.807) is 6.92 Å². The molecule has 1 rings (SSSR count). The number of nitro groups is 1. The molecule has 1 atom stereocenters. The van der Waals surface area contributed by atoms with Crippen LogP contribution >= 0.6 is 0 Å². The minimum absolute atomic E-state index is 0.0505. The van der Waals surface area contributed by atoms with Crippen LogP contribution in [0.4, 0.5) is 5.69 Å². The van der Waals surface area contributed by atoms with Crippen LogP contribution in [0, 0.1) is 21.4 Å². The van der Waals surface area contributed by atoms with Crippen molar-refractivity contribution in [2.75, 3.05) is 6.61 Å². The molecule has 0 saturated carbocycles. The molecule has 0 spiro atoms. The van der Waals surface area contributed by atoms with Gasteiger partial charge in [-0.05, 0) is 25.5 Å². The first kappa shape index (κ1) is 16.4. The normalized spacial score (nSPS) is 11.3. The highest BCUT2D eigenvalue weighted by atomic mass is 16.6. The third-order valence-corrected chi connectivity index (χ3v) is 2.65. The Morgan fingerprint density at radius 3 is 2.71 bits per heavy atom. The van der Waals surface area contributed by atoms with Gasteiger partial charge in [0.15, 0.2) is 11.9 Å². The summed E-state index contributed by atoms with van der Waals surface area (Å²) < 4.78 is 10.3. The van der Waals surface area contributed by atoms with E-state index in [0.29, 0.717) is 12.8 Å². The Morgan fingerprint density at radius 1 is 1.48 bits per heavy atom. The van der Waals surface area contributed by atoms with E-state index in [0.717, 1.165) is 6.07 Å². The Balaban J connectivity index is 3.05. The zero-order chi connectivity index (χ0) is 15.8. The summed E-state index contributed by atoms with van der Waals surface area (Å²) in [7, 11) is 0. The molecule has 0 heterocycles. The molecule has 0 bridgehead atoms. The fraction of sp³-hybridized carbons (Fsp3) is 0.429. The Hall–Kier alpha value is -2.62. The van der Waals surface area contributed by atoms with Gasteiger partial charge >= 0.3 is 11.7 Å². The highest BCUT2D eigenvalue weighted by molar-refractivity contribution is 5.75. The summed E-state index contributed by atoms with van der Waals surface area (Å²) in [6.45, 7) is 3.74. The zero-order valence-electron chi connectivity index (χ0n) is 11.9. The van der Waals surface area contributed by atoms with Crippen molar-refractivity contribution in [1.82, 2.24) is 0 Å². The lowest BCUT2D eigenvalue weighted by atomic mass is 10.2. The molecule has 7 heteroatoms. The summed E-state index contributed by atoms with van der Waals surface area (Å²) in [4.78, 5) is 22.1. The van der Waals surface area contributed by atoms with Crippen molar-refractivity contribution in [3.05, 3.63) is 33.9 Å². The molecule has 0 N–H and O–H groups in total. The van der Waals surface area contributed by atoms with Crippen molar-refractivity contribution < 1.29 is 19.2 Å². The van der Waals surface area contributed by atoms with Crippen LogP contribution in [-0.4, -0.2) is 23.6 Å². The molecule has 0 fully saturated rings. The molecule has 0 radical (unpaired) electrons. The average Bonchev–Trinajstić information content (AvgIpc) is 2.47. The van der Waals surface area contributed by atoms with E-state index in [1.807, 2.05) is 13.0 Å². The van der Waals surface area contributed by atoms with Crippen molar-refractivity contribution in [3.8, 4) is 11.8 Å². The fourth-order valence-corrected chi connectivity index (χ4v) is 1.70. The summed E-state index contributed by atoms with van der Waals surface area (Å²) in [6, 6.07) is 5.65. The predicted octanol–water partition coefficient (Wildman–Crippen LogP) is 2.58. The standard InChI is InChI=1S/C14H16N2O5/c1-3-5-13(14(17)20-4-2)21-12-7-6-10(9-15)8-11(12)16(18)19/h6-8,13H,3-5H2,1-2H3. The number of nitriles is 1. The number of benzene rings is 1. The molecule has 0 aromatic heterocycles. The molecule has 7 nitrogen and oxygen atoms in total. The third kappa shape index (κ3) is 4.45. The number of carbonyl (C=O) groups excluding carboxylic acids is 1. The number of hydrogen-bond donors (Lipinski definition) is 0. The van der Waals surface area contributed by atoms with Crippen molar-refractivity contribution >= 4 is 11.7 Å². The SMILES string of the molecule is CCCC(Oc1ccc(C#N)cc1[N+](=O)[O-])C(=O)OCC. The van der Waals surface area contributed by atoms with E-state index in [-0.39, 0.29) is 23.6 Å². The van der Waals surface area contributed by atoms with Crippen LogP contribution in [-0.2, 0) is 9.53 Å². The Kier molecular flexibility index (Phi) is 6.14. The topological polar surface area (TPSA) is 102 Å². The van der Waals surface area contributed by atoms with Crippen LogP contribution in [0.5, 0.6) is 5.75 Å². The summed E-state index contributed by atoms with van der Waals surface area (Å²) in [5.41, 5.74) is -0.198. The summed E-state index contributed by atoms with van der Waals surface area (Å²) in [5.74, 6) is -0.608. The number of carbonyl (C=O) groups is 1. The smallest absolute Gasteiger partial charge is 0.347 e. The first-order chi connectivity index (χ1) is 10.0. The number of ether oxygens (including phenoxy) is 2. The fourth-order valence-electron chi connectivity index (χ4n) is 1.70. The Bertz CT molecular complexity index is 565. The van der Waals surface area contributed by atoms with Gasteiger partial charge in [-0.15, -0.1) is 0 Å². The third-order valence-electron chi connectivity index (χ3n) is 2.65. The molecule has 0 amide bonds. The average molecular weight is 292 g/mol. The number of nitrogens with zero attached hydrogens (tertiary/aromatic N) is 2. The van der Waals surface area contributed by atoms with Crippen LogP contribution in [0.1, 0.15) is 32.3 Å². The van der Waals surface area contributed by atoms with Gasteiger partial charge in [0.2, 0.25) is 0 Å². The number of hydrogen-bond acceptors (Lipinski definition) is 6. The molecule has 0 aliphatic carbocycles. The molecular weight excluding hydrogens is 276 g/mol. The number of rotatable bonds is 7. The van der Waals surface area contributed by atoms with Crippen molar-refractivity contribution in [2.24, 2.45) is 0 Å². The lowest BCUT2D eigenvalue weighted by Gasteiger charge is -2.16. The minimum atomic E-state index is -0.901. The summed E-state index contributed by atoms with van der Waals surface area (Å²) in [5, 5.41) is 19.8. The highest BCUT2D eigenvalue weighted by Crippen LogP contribution is 2.29. The first-order valence-electron chi connectivity index (χ1n) is 6.55. The Morgan fingerprint density at radius 2 is 2.19 bits per heavy atom. The molecule has 112 valence electrons. The lowest BCUT2D eigenvalue weighted by molar-refractivity contribution is -0.386. The molecule has 1 aromatic rings. The van der Waals surface area contributed by atoms with Gasteiger partial charge in [-0.2, -0.15) is 5.26 Å². The molecule has 1 aromatic carbocycles. The van der Waals surface area contributed by atoms with Crippen LogP contribution in [0.25, 0.3) is 0 Å². The second-order valence-corrected chi connectivity index (χ2v) is 4.20. The predicted molar refractivity (Wildman–Crippen MR) is 73.8 cm³/mol. The van der Waals surface area contributed by atoms with Gasteiger partial charge < -0.3 is 9.47 Å². The number of nitro benzene ring substituents is 1. The van der Waals surface area contributed by atoms with Crippen LogP contribution in [0.3, 0.4) is 0 Å². The second kappa shape index (κ2) is 7.85. The highest BCUT2D eigenvalue weighted by Gasteiger charge is 2.25. The van der Waals surface area contributed by atoms with Crippen LogP contribution < -0.4 is 4.74 Å². The monoisotopic (exact) mass is 292 g/mol. The van der Waals surface area contributed by atoms with Gasteiger partial charge in [0.25, 0.3) is 0 Å². The first-order valence-corrected chi connectivity index (χ1v) is 6.55. The van der Waals surface area contributed by atoms with Crippen LogP contribution in [0.15, 0.2) is 18.2 Å². The molecule has 21 heavy (non-hydrogen) atoms. The van der Waals surface area contributed by atoms with Gasteiger partial charge in [-0.3, -0.25) is 10.1 Å². The van der Waals surface area contributed by atoms with Crippen molar-refractivity contribution in [1.29, 1.82) is 5.26 Å². The van der Waals surface area contributed by atoms with E-state index in [4.69, 9.17) is 14.7 Å². The largest absolute Gasteiger partial charge is 0.472 e. The van der Waals surface area contributed by atoms with E-state index in [2.05, 4.69) is 0 Å². The molecular formula is C14H16N2O5. The Labute approximate surface area is 122 Å². The maximum absolute atomic E-state index is 11.8. The lowest BCUT2D eigenvalue weighted by Crippen LogP contribution is -2.29. The number of esters is 1. The van der Waals surface area contributed by atoms with E-state index < -0.39 is 17.0 Å². The maximum Gasteiger partial charge on any atom is 0.347 e. The molecule has 1 unspecified atom stereocenters. The van der Waals surface area contributed by atoms with Crippen molar-refractivity contribution in [3.63, 3.8) is 0 Å². The minimum Gasteiger partial charge on any atom is -0.472 e. The van der Waals surface area contributed by atoms with Gasteiger partial charge in [0.1, 0.15) is 0 Å². The van der Waals surface area contributed by atoms with E-state index in [9.17, 15) is 14.9 Å². The molecule has 0 aliphatic heterocycles.